The van der Waals surface area contributed by atoms with Gasteiger partial charge in [-0.1, -0.05) is 6.92 Å². The number of piperidine rings is 1. The number of nitrogens with zero attached hydrogens (tertiary/aromatic N) is 1. The fourth-order valence-electron chi connectivity index (χ4n) is 2.03. The molecule has 1 amide bonds. The lowest BCUT2D eigenvalue weighted by atomic mass is 9.94. The second-order valence-electron chi connectivity index (χ2n) is 4.35. The average molecular weight is 213 g/mol. The molecule has 1 saturated heterocycles. The first-order valence-corrected chi connectivity index (χ1v) is 6.07. The van der Waals surface area contributed by atoms with Gasteiger partial charge in [-0.15, -0.1) is 0 Å². The highest BCUT2D eigenvalue weighted by molar-refractivity contribution is 5.73. The Balaban J connectivity index is 2.07. The molecule has 1 heterocycles. The molecule has 0 aromatic rings. The van der Waals surface area contributed by atoms with Gasteiger partial charge < -0.3 is 9.64 Å². The third-order valence-electron chi connectivity index (χ3n) is 3.08. The normalized spacial score (nSPS) is 18.1. The van der Waals surface area contributed by atoms with E-state index in [0.29, 0.717) is 0 Å². The van der Waals surface area contributed by atoms with Crippen molar-refractivity contribution in [1.82, 2.24) is 4.90 Å². The van der Waals surface area contributed by atoms with E-state index in [1.807, 2.05) is 4.90 Å². The summed E-state index contributed by atoms with van der Waals surface area (Å²) in [5.74, 6) is 0.980. The lowest BCUT2D eigenvalue weighted by Crippen LogP contribution is -2.37. The summed E-state index contributed by atoms with van der Waals surface area (Å²) in [5, 5.41) is 0. The first-order chi connectivity index (χ1) is 7.24. The third-order valence-corrected chi connectivity index (χ3v) is 3.08. The van der Waals surface area contributed by atoms with Gasteiger partial charge in [0.15, 0.2) is 0 Å². The zero-order valence-electron chi connectivity index (χ0n) is 10.00. The Bertz CT molecular complexity index is 186. The molecule has 0 atom stereocenters. The van der Waals surface area contributed by atoms with Crippen LogP contribution in [0.15, 0.2) is 0 Å². The largest absolute Gasteiger partial charge is 0.381 e. The molecule has 0 bridgehead atoms. The third kappa shape index (κ3) is 4.65. The van der Waals surface area contributed by atoms with Crippen LogP contribution in [0.4, 0.5) is 0 Å². The molecule has 0 aromatic heterocycles. The first-order valence-electron chi connectivity index (χ1n) is 6.07. The highest BCUT2D eigenvalue weighted by Crippen LogP contribution is 2.20. The maximum Gasteiger partial charge on any atom is 0.219 e. The molecule has 0 aliphatic carbocycles. The van der Waals surface area contributed by atoms with E-state index in [0.717, 1.165) is 57.9 Å². The van der Waals surface area contributed by atoms with Crippen LogP contribution in [0.5, 0.6) is 0 Å². The van der Waals surface area contributed by atoms with Crippen LogP contribution in [-0.2, 0) is 9.53 Å². The lowest BCUT2D eigenvalue weighted by molar-refractivity contribution is -0.130. The van der Waals surface area contributed by atoms with E-state index in [-0.39, 0.29) is 5.91 Å². The van der Waals surface area contributed by atoms with E-state index < -0.39 is 0 Å². The monoisotopic (exact) mass is 213 g/mol. The second-order valence-corrected chi connectivity index (χ2v) is 4.35. The standard InChI is InChI=1S/C12H23NO2/c1-3-9-15-10-6-12-4-7-13(8-5-12)11(2)14/h12H,3-10H2,1-2H3. The Hall–Kier alpha value is -0.570. The van der Waals surface area contributed by atoms with Gasteiger partial charge in [0.25, 0.3) is 0 Å². The van der Waals surface area contributed by atoms with Gasteiger partial charge in [-0.2, -0.15) is 0 Å². The van der Waals surface area contributed by atoms with E-state index >= 15 is 0 Å². The highest BCUT2D eigenvalue weighted by Gasteiger charge is 2.19. The van der Waals surface area contributed by atoms with E-state index in [4.69, 9.17) is 4.74 Å². The Morgan fingerprint density at radius 3 is 2.53 bits per heavy atom. The van der Waals surface area contributed by atoms with Crippen molar-refractivity contribution < 1.29 is 9.53 Å². The summed E-state index contributed by atoms with van der Waals surface area (Å²) in [6, 6.07) is 0. The van der Waals surface area contributed by atoms with Crippen LogP contribution < -0.4 is 0 Å². The highest BCUT2D eigenvalue weighted by atomic mass is 16.5. The molecule has 0 unspecified atom stereocenters. The minimum absolute atomic E-state index is 0.218. The smallest absolute Gasteiger partial charge is 0.219 e. The number of amides is 1. The van der Waals surface area contributed by atoms with Crippen LogP contribution in [-0.4, -0.2) is 37.1 Å². The summed E-state index contributed by atoms with van der Waals surface area (Å²) in [4.78, 5) is 13.1. The van der Waals surface area contributed by atoms with Crippen molar-refractivity contribution in [3.05, 3.63) is 0 Å². The Morgan fingerprint density at radius 1 is 1.33 bits per heavy atom. The molecule has 3 nitrogen and oxygen atoms in total. The van der Waals surface area contributed by atoms with E-state index in [2.05, 4.69) is 6.92 Å². The van der Waals surface area contributed by atoms with Gasteiger partial charge in [-0.3, -0.25) is 4.79 Å². The molecule has 1 aliphatic heterocycles. The number of hydrogen-bond donors (Lipinski definition) is 0. The topological polar surface area (TPSA) is 29.5 Å². The summed E-state index contributed by atoms with van der Waals surface area (Å²) < 4.78 is 5.48. The quantitative estimate of drug-likeness (QED) is 0.654. The number of ether oxygens (including phenoxy) is 1. The Morgan fingerprint density at radius 2 is 2.00 bits per heavy atom. The van der Waals surface area contributed by atoms with Crippen molar-refractivity contribution in [2.75, 3.05) is 26.3 Å². The minimum atomic E-state index is 0.218. The first kappa shape index (κ1) is 12.5. The number of carbonyl (C=O) groups is 1. The van der Waals surface area contributed by atoms with Crippen molar-refractivity contribution in [2.24, 2.45) is 5.92 Å². The molecule has 3 heteroatoms. The summed E-state index contributed by atoms with van der Waals surface area (Å²) in [5.41, 5.74) is 0. The van der Waals surface area contributed by atoms with Crippen molar-refractivity contribution in [2.45, 2.75) is 39.5 Å². The molecular weight excluding hydrogens is 190 g/mol. The van der Waals surface area contributed by atoms with Crippen LogP contribution in [0.1, 0.15) is 39.5 Å². The number of rotatable bonds is 5. The lowest BCUT2D eigenvalue weighted by Gasteiger charge is -2.31. The van der Waals surface area contributed by atoms with Gasteiger partial charge in [0.05, 0.1) is 0 Å². The van der Waals surface area contributed by atoms with Gasteiger partial charge in [-0.25, -0.2) is 0 Å². The molecule has 15 heavy (non-hydrogen) atoms. The summed E-state index contributed by atoms with van der Waals surface area (Å²) in [6.45, 7) is 7.43. The molecule has 0 aromatic carbocycles. The molecule has 0 radical (unpaired) electrons. The van der Waals surface area contributed by atoms with Crippen LogP contribution in [0, 0.1) is 5.92 Å². The maximum absolute atomic E-state index is 11.1. The molecule has 1 fully saturated rings. The minimum Gasteiger partial charge on any atom is -0.381 e. The van der Waals surface area contributed by atoms with Crippen molar-refractivity contribution in [1.29, 1.82) is 0 Å². The van der Waals surface area contributed by atoms with E-state index in [1.54, 1.807) is 6.92 Å². The van der Waals surface area contributed by atoms with Crippen molar-refractivity contribution in [3.63, 3.8) is 0 Å². The fourth-order valence-corrected chi connectivity index (χ4v) is 2.03. The van der Waals surface area contributed by atoms with Gasteiger partial charge in [0, 0.05) is 33.2 Å². The molecule has 0 N–H and O–H groups in total. The summed E-state index contributed by atoms with van der Waals surface area (Å²) in [6.07, 6.45) is 4.55. The molecular formula is C12H23NO2. The van der Waals surface area contributed by atoms with Crippen LogP contribution >= 0.6 is 0 Å². The van der Waals surface area contributed by atoms with Crippen molar-refractivity contribution in [3.8, 4) is 0 Å². The Labute approximate surface area is 92.8 Å². The zero-order valence-corrected chi connectivity index (χ0v) is 10.00. The zero-order chi connectivity index (χ0) is 11.1. The van der Waals surface area contributed by atoms with Crippen LogP contribution in [0.2, 0.25) is 0 Å². The Kier molecular flexibility index (Phi) is 5.69. The molecule has 88 valence electrons. The van der Waals surface area contributed by atoms with Crippen LogP contribution in [0.3, 0.4) is 0 Å². The predicted octanol–water partition coefficient (Wildman–Crippen LogP) is 2.06. The van der Waals surface area contributed by atoms with Crippen molar-refractivity contribution >= 4 is 5.91 Å². The van der Waals surface area contributed by atoms with Gasteiger partial charge in [0.1, 0.15) is 0 Å². The van der Waals surface area contributed by atoms with Gasteiger partial charge >= 0.3 is 0 Å². The molecule has 1 aliphatic rings. The predicted molar refractivity (Wildman–Crippen MR) is 60.7 cm³/mol. The number of likely N-dealkylation sites (tertiary alicyclic amines) is 1. The summed E-state index contributed by atoms with van der Waals surface area (Å²) >= 11 is 0. The fraction of sp³-hybridized carbons (Fsp3) is 0.917. The average Bonchev–Trinajstić information content (AvgIpc) is 2.25. The van der Waals surface area contributed by atoms with E-state index in [9.17, 15) is 4.79 Å². The SMILES string of the molecule is CCCOCCC1CCN(C(C)=O)CC1. The number of carbonyl (C=O) groups excluding carboxylic acids is 1. The summed E-state index contributed by atoms with van der Waals surface area (Å²) in [7, 11) is 0. The molecule has 0 spiro atoms. The molecule has 1 rings (SSSR count). The van der Waals surface area contributed by atoms with E-state index in [1.165, 1.54) is 0 Å². The molecule has 0 saturated carbocycles. The van der Waals surface area contributed by atoms with Gasteiger partial charge in [-0.05, 0) is 31.6 Å². The number of hydrogen-bond acceptors (Lipinski definition) is 2. The van der Waals surface area contributed by atoms with Gasteiger partial charge in [0.2, 0.25) is 5.91 Å². The second kappa shape index (κ2) is 6.83. The van der Waals surface area contributed by atoms with Crippen LogP contribution in [0.25, 0.3) is 0 Å². The maximum atomic E-state index is 11.1.